The van der Waals surface area contributed by atoms with Crippen LogP contribution in [0.1, 0.15) is 52.4 Å². The lowest BCUT2D eigenvalue weighted by Crippen LogP contribution is -2.43. The van der Waals surface area contributed by atoms with Crippen LogP contribution in [-0.2, 0) is 9.53 Å². The topological polar surface area (TPSA) is 46.5 Å². The fraction of sp³-hybridized carbons (Fsp3) is 0.923. The zero-order chi connectivity index (χ0) is 12.0. The fourth-order valence-electron chi connectivity index (χ4n) is 2.66. The second-order valence-electron chi connectivity index (χ2n) is 4.76. The lowest BCUT2D eigenvalue weighted by molar-refractivity contribution is -0.142. The van der Waals surface area contributed by atoms with Crippen molar-refractivity contribution in [2.24, 2.45) is 5.92 Å². The van der Waals surface area contributed by atoms with Crippen molar-refractivity contribution in [1.29, 1.82) is 0 Å². The monoisotopic (exact) mass is 228 g/mol. The maximum atomic E-state index is 11.6. The van der Waals surface area contributed by atoms with Crippen molar-refractivity contribution in [3.63, 3.8) is 0 Å². The zero-order valence-corrected chi connectivity index (χ0v) is 10.5. The molecule has 3 heteroatoms. The van der Waals surface area contributed by atoms with Gasteiger partial charge in [0.2, 0.25) is 0 Å². The Bertz CT molecular complexity index is 221. The highest BCUT2D eigenvalue weighted by molar-refractivity contribution is 5.85. The Balaban J connectivity index is 2.47. The molecular weight excluding hydrogens is 204 g/mol. The highest BCUT2D eigenvalue weighted by atomic mass is 16.5. The number of hydrogen-bond donors (Lipinski definition) is 1. The van der Waals surface area contributed by atoms with Crippen molar-refractivity contribution in [3.8, 4) is 0 Å². The van der Waals surface area contributed by atoms with Gasteiger partial charge in [0.05, 0.1) is 0 Å². The van der Waals surface area contributed by atoms with E-state index in [0.29, 0.717) is 19.6 Å². The van der Waals surface area contributed by atoms with Crippen LogP contribution in [0, 0.1) is 5.92 Å². The number of Topliss-reactive ketones (excluding diaryl/α,β-unsaturated/α-hetero) is 1. The summed E-state index contributed by atoms with van der Waals surface area (Å²) in [7, 11) is 0. The van der Waals surface area contributed by atoms with Crippen molar-refractivity contribution in [2.45, 2.75) is 58.0 Å². The van der Waals surface area contributed by atoms with Gasteiger partial charge in [-0.05, 0) is 45.4 Å². The Morgan fingerprint density at radius 2 is 2.06 bits per heavy atom. The summed E-state index contributed by atoms with van der Waals surface area (Å²) < 4.78 is 5.25. The molecule has 0 radical (unpaired) electrons. The molecule has 0 heterocycles. The molecule has 1 atom stereocenters. The Morgan fingerprint density at radius 1 is 1.44 bits per heavy atom. The van der Waals surface area contributed by atoms with E-state index in [1.807, 2.05) is 6.92 Å². The third-order valence-corrected chi connectivity index (χ3v) is 3.69. The van der Waals surface area contributed by atoms with Crippen molar-refractivity contribution in [3.05, 3.63) is 0 Å². The molecule has 1 N–H and O–H groups in total. The molecule has 0 spiro atoms. The van der Waals surface area contributed by atoms with Crippen LogP contribution in [0.3, 0.4) is 0 Å². The number of ether oxygens (including phenoxy) is 1. The quantitative estimate of drug-likeness (QED) is 0.680. The summed E-state index contributed by atoms with van der Waals surface area (Å²) in [5.74, 6) is 0.0996. The van der Waals surface area contributed by atoms with E-state index in [0.717, 1.165) is 32.1 Å². The summed E-state index contributed by atoms with van der Waals surface area (Å²) >= 11 is 0. The second-order valence-corrected chi connectivity index (χ2v) is 4.76. The fourth-order valence-corrected chi connectivity index (χ4v) is 2.66. The van der Waals surface area contributed by atoms with Crippen LogP contribution in [0.25, 0.3) is 0 Å². The molecule has 1 aliphatic carbocycles. The summed E-state index contributed by atoms with van der Waals surface area (Å²) in [6.45, 7) is 4.80. The predicted molar refractivity (Wildman–Crippen MR) is 63.3 cm³/mol. The lowest BCUT2D eigenvalue weighted by atomic mass is 9.79. The summed E-state index contributed by atoms with van der Waals surface area (Å²) in [6.07, 6.45) is 5.58. The van der Waals surface area contributed by atoms with Crippen molar-refractivity contribution < 1.29 is 14.6 Å². The van der Waals surface area contributed by atoms with Crippen LogP contribution in [-0.4, -0.2) is 29.7 Å². The maximum Gasteiger partial charge on any atom is 0.161 e. The van der Waals surface area contributed by atoms with Crippen LogP contribution in [0.4, 0.5) is 0 Å². The average Bonchev–Trinajstić information content (AvgIpc) is 2.77. The van der Waals surface area contributed by atoms with Gasteiger partial charge in [0, 0.05) is 13.2 Å². The number of carbonyl (C=O) groups is 1. The minimum atomic E-state index is -1.09. The van der Waals surface area contributed by atoms with Gasteiger partial charge in [0.1, 0.15) is 5.60 Å². The highest BCUT2D eigenvalue weighted by Crippen LogP contribution is 2.37. The van der Waals surface area contributed by atoms with Gasteiger partial charge in [-0.3, -0.25) is 4.79 Å². The van der Waals surface area contributed by atoms with Crippen molar-refractivity contribution in [1.82, 2.24) is 0 Å². The van der Waals surface area contributed by atoms with Crippen LogP contribution in [0.5, 0.6) is 0 Å². The lowest BCUT2D eigenvalue weighted by Gasteiger charge is -2.31. The Labute approximate surface area is 98.2 Å². The van der Waals surface area contributed by atoms with Crippen molar-refractivity contribution in [2.75, 3.05) is 13.2 Å². The van der Waals surface area contributed by atoms with Crippen molar-refractivity contribution >= 4 is 5.78 Å². The molecule has 3 nitrogen and oxygen atoms in total. The first-order valence-corrected chi connectivity index (χ1v) is 6.42. The molecule has 0 aromatic carbocycles. The predicted octanol–water partition coefficient (Wildman–Crippen LogP) is 2.31. The normalized spacial score (nSPS) is 20.9. The first-order valence-electron chi connectivity index (χ1n) is 6.42. The zero-order valence-electron chi connectivity index (χ0n) is 10.5. The smallest absolute Gasteiger partial charge is 0.161 e. The van der Waals surface area contributed by atoms with E-state index in [-0.39, 0.29) is 11.7 Å². The van der Waals surface area contributed by atoms with Gasteiger partial charge in [0.15, 0.2) is 5.78 Å². The van der Waals surface area contributed by atoms with E-state index in [1.54, 1.807) is 0 Å². The van der Waals surface area contributed by atoms with Gasteiger partial charge in [-0.25, -0.2) is 0 Å². The molecule has 0 aromatic rings. The molecule has 1 aliphatic rings. The number of aliphatic hydroxyl groups is 1. The van der Waals surface area contributed by atoms with Crippen LogP contribution < -0.4 is 0 Å². The summed E-state index contributed by atoms with van der Waals surface area (Å²) in [5, 5.41) is 10.5. The molecule has 0 saturated heterocycles. The Kier molecular flexibility index (Phi) is 5.42. The molecule has 1 fully saturated rings. The average molecular weight is 228 g/mol. The van der Waals surface area contributed by atoms with Gasteiger partial charge in [-0.1, -0.05) is 12.8 Å². The largest absolute Gasteiger partial charge is 0.382 e. The maximum absolute atomic E-state index is 11.6. The van der Waals surface area contributed by atoms with Gasteiger partial charge in [-0.2, -0.15) is 0 Å². The van der Waals surface area contributed by atoms with E-state index < -0.39 is 5.60 Å². The Morgan fingerprint density at radius 3 is 2.56 bits per heavy atom. The molecular formula is C13H24O3. The minimum absolute atomic E-state index is 0.0732. The molecule has 16 heavy (non-hydrogen) atoms. The second kappa shape index (κ2) is 6.36. The number of ketones is 1. The van der Waals surface area contributed by atoms with Gasteiger partial charge >= 0.3 is 0 Å². The minimum Gasteiger partial charge on any atom is -0.382 e. The molecule has 94 valence electrons. The van der Waals surface area contributed by atoms with Crippen LogP contribution >= 0.6 is 0 Å². The van der Waals surface area contributed by atoms with E-state index in [9.17, 15) is 9.90 Å². The van der Waals surface area contributed by atoms with Gasteiger partial charge < -0.3 is 9.84 Å². The summed E-state index contributed by atoms with van der Waals surface area (Å²) in [4.78, 5) is 11.6. The van der Waals surface area contributed by atoms with Gasteiger partial charge in [-0.15, -0.1) is 0 Å². The molecule has 1 saturated carbocycles. The van der Waals surface area contributed by atoms with Crippen LogP contribution in [0.15, 0.2) is 0 Å². The third-order valence-electron chi connectivity index (χ3n) is 3.69. The van der Waals surface area contributed by atoms with Crippen LogP contribution in [0.2, 0.25) is 0 Å². The Hall–Kier alpha value is -0.410. The van der Waals surface area contributed by atoms with E-state index in [1.165, 1.54) is 6.92 Å². The number of hydrogen-bond acceptors (Lipinski definition) is 3. The van der Waals surface area contributed by atoms with E-state index in [2.05, 4.69) is 0 Å². The van der Waals surface area contributed by atoms with E-state index >= 15 is 0 Å². The number of rotatable bonds is 7. The summed E-state index contributed by atoms with van der Waals surface area (Å²) in [5.41, 5.74) is -1.09. The first kappa shape index (κ1) is 13.7. The first-order chi connectivity index (χ1) is 7.61. The summed E-state index contributed by atoms with van der Waals surface area (Å²) in [6, 6.07) is 0. The third kappa shape index (κ3) is 3.29. The molecule has 0 aliphatic heterocycles. The van der Waals surface area contributed by atoms with Gasteiger partial charge in [0.25, 0.3) is 0 Å². The molecule has 0 amide bonds. The highest BCUT2D eigenvalue weighted by Gasteiger charge is 2.41. The standard InChI is InChI=1S/C13H24O3/c1-3-16-10-6-9-13(15,11(2)14)12-7-4-5-8-12/h12,15H,3-10H2,1-2H3. The SMILES string of the molecule is CCOCCCC(O)(C(C)=O)C1CCCC1. The molecule has 0 bridgehead atoms. The molecule has 1 rings (SSSR count). The molecule has 0 aromatic heterocycles. The molecule has 1 unspecified atom stereocenters. The number of carbonyl (C=O) groups excluding carboxylic acids is 1. The van der Waals surface area contributed by atoms with E-state index in [4.69, 9.17) is 4.74 Å².